The topological polar surface area (TPSA) is 483 Å². The van der Waals surface area contributed by atoms with E-state index in [9.17, 15) is 39.1 Å². The molecule has 754 valence electrons. The van der Waals surface area contributed by atoms with Gasteiger partial charge in [0.15, 0.2) is 74.3 Å². The van der Waals surface area contributed by atoms with Crippen LogP contribution >= 0.6 is 0 Å². The van der Waals surface area contributed by atoms with E-state index in [4.69, 9.17) is 104 Å². The molecule has 9 heterocycles. The average molecular weight is 1980 g/mol. The molecule has 41 nitrogen and oxygen atoms in total. The van der Waals surface area contributed by atoms with Crippen molar-refractivity contribution in [3.05, 3.63) is 296 Å². The summed E-state index contributed by atoms with van der Waals surface area (Å²) in [6.45, 7) is 2.65. The van der Waals surface area contributed by atoms with Crippen molar-refractivity contribution in [2.75, 3.05) is 33.0 Å². The third-order valence-corrected chi connectivity index (χ3v) is 25.3. The predicted molar refractivity (Wildman–Crippen MR) is 487 cm³/mol. The van der Waals surface area contributed by atoms with E-state index in [2.05, 4.69) is 10.0 Å². The maximum atomic E-state index is 16.2. The Morgan fingerprint density at radius 2 is 0.639 bits per heavy atom. The lowest BCUT2D eigenvalue weighted by molar-refractivity contribution is -0.413. The van der Waals surface area contributed by atoms with E-state index in [1.165, 1.54) is 60.7 Å². The zero-order valence-corrected chi connectivity index (χ0v) is 78.7. The van der Waals surface area contributed by atoms with E-state index in [-0.39, 0.29) is 53.2 Å². The van der Waals surface area contributed by atoms with Crippen LogP contribution in [0.3, 0.4) is 0 Å². The number of fused-ring (bicyclic) bond motifs is 4. The molecule has 144 heavy (non-hydrogen) atoms. The molecule has 8 aromatic rings. The van der Waals surface area contributed by atoms with Gasteiger partial charge in [-0.2, -0.15) is 0 Å². The van der Waals surface area contributed by atoms with Crippen molar-refractivity contribution in [3.63, 3.8) is 0 Å². The number of hydrogen-bond donors (Lipinski definition) is 0. The van der Waals surface area contributed by atoms with E-state index in [1.54, 1.807) is 158 Å². The molecule has 26 atom stereocenters. The lowest BCUT2D eigenvalue weighted by atomic mass is 9.91. The Morgan fingerprint density at radius 1 is 0.319 bits per heavy atom. The first-order valence-corrected chi connectivity index (χ1v) is 46.5. The van der Waals surface area contributed by atoms with Gasteiger partial charge in [0.1, 0.15) is 98.5 Å². The number of carbonyl (C=O) groups is 13. The highest BCUT2D eigenvalue weighted by atomic mass is 16.8. The minimum atomic E-state index is -2.37. The highest BCUT2D eigenvalue weighted by molar-refractivity contribution is 6.23. The smallest absolute Gasteiger partial charge is 0.303 e. The van der Waals surface area contributed by atoms with E-state index >= 15 is 28.8 Å². The number of rotatable bonds is 36. The van der Waals surface area contributed by atoms with Gasteiger partial charge in [-0.1, -0.05) is 193 Å². The molecule has 0 aliphatic carbocycles. The largest absolute Gasteiger partial charge is 0.463 e. The Balaban J connectivity index is 0.845. The zero-order chi connectivity index (χ0) is 101. The van der Waals surface area contributed by atoms with Gasteiger partial charge in [0.25, 0.3) is 35.4 Å². The van der Waals surface area contributed by atoms with Gasteiger partial charge in [0.05, 0.1) is 79.6 Å². The molecule has 6 fully saturated rings. The van der Waals surface area contributed by atoms with Crippen molar-refractivity contribution in [2.45, 2.75) is 234 Å². The summed E-state index contributed by atoms with van der Waals surface area (Å²) in [6, 6.07) is 55.3. The van der Waals surface area contributed by atoms with Crippen LogP contribution in [0.4, 0.5) is 0 Å². The summed E-state index contributed by atoms with van der Waals surface area (Å²) in [5.41, 5.74) is 12.7. The summed E-state index contributed by atoms with van der Waals surface area (Å²) in [4.78, 5) is 196. The number of amides is 6. The summed E-state index contributed by atoms with van der Waals surface area (Å²) in [5.74, 6) is -13.1. The van der Waals surface area contributed by atoms with Crippen LogP contribution < -0.4 is 0 Å². The Kier molecular flexibility index (Phi) is 32.4. The van der Waals surface area contributed by atoms with Crippen LogP contribution in [0.1, 0.15) is 145 Å². The van der Waals surface area contributed by atoms with Gasteiger partial charge in [0, 0.05) is 58.9 Å². The summed E-state index contributed by atoms with van der Waals surface area (Å²) < 4.78 is 149. The highest BCUT2D eigenvalue weighted by Crippen LogP contribution is 2.47. The van der Waals surface area contributed by atoms with E-state index in [0.717, 1.165) is 58.3 Å². The molecule has 6 amide bonds. The minimum absolute atomic E-state index is 0.0251. The fourth-order valence-electron chi connectivity index (χ4n) is 19.2. The van der Waals surface area contributed by atoms with Crippen LogP contribution in [0.2, 0.25) is 0 Å². The molecule has 0 spiro atoms. The second kappa shape index (κ2) is 45.8. The van der Waals surface area contributed by atoms with E-state index < -0.39 is 276 Å². The maximum absolute atomic E-state index is 16.2. The Hall–Kier alpha value is -13.8. The number of hydrogen-bond acceptors (Lipinski definition) is 36. The number of nitrogens with zero attached hydrogens (tertiary/aromatic N) is 6. The van der Waals surface area contributed by atoms with Crippen molar-refractivity contribution in [1.29, 1.82) is 0 Å². The Bertz CT molecular complexity index is 5960. The number of esters is 7. The van der Waals surface area contributed by atoms with Crippen molar-refractivity contribution in [3.8, 4) is 0 Å². The molecule has 6 saturated heterocycles. The monoisotopic (exact) mass is 1980 g/mol. The van der Waals surface area contributed by atoms with Gasteiger partial charge >= 0.3 is 41.8 Å². The molecule has 0 N–H and O–H groups in total. The standard InChI is InChI=1S/C103H102N6O35/c1-54(110)125-51-74-82(130-56(3)112)87(132-58(5)114)79(109-97(121)70-43-27-28-44-71(70)98(109)122)101(137-74)144-91-88(133-59(6)115)83(131-57(4)113)75(52-126-55(2)111)138-103(91)143-89-84-76(53-129-99(140-84)65-37-21-12-22-38-65)139-102(90(89)134-60(7)116)142-81-73(50-124-46-62-31-15-9-16-32-62)136-100(78(86(81)128-48-64-35-19-11-20-36-64)108-95(119)68-41-25-26-42-69(68)96(108)120)141-80-72(49-123-45-61-29-13-8-14-30-61)135-92(105-106-104)77(85(80)127-47-63-33-17-10-18-34-63)107-93(117)66-39-23-24-40-67(66)94(107)118/h8-44,72-92,99-103H,45-53H2,1-7H3/t72-,73-,74-,75-,76-,77-,78-,79-,80-,81-,82-,83-,84-,85-,86-,87-,88+,89+,90+,91+,92-,99-,100+,101+,102+,103-/m1/s1. The van der Waals surface area contributed by atoms with Crippen LogP contribution in [0.15, 0.2) is 230 Å². The molecule has 0 unspecified atom stereocenters. The molecule has 41 heteroatoms. The molecule has 9 aliphatic heterocycles. The normalized spacial score (nSPS) is 29.5. The van der Waals surface area contributed by atoms with Gasteiger partial charge < -0.3 is 104 Å². The summed E-state index contributed by atoms with van der Waals surface area (Å²) in [5, 5.41) is 4.14. The first-order chi connectivity index (χ1) is 69.7. The minimum Gasteiger partial charge on any atom is -0.463 e. The number of ether oxygens (including phenoxy) is 22. The molecule has 0 bridgehead atoms. The maximum Gasteiger partial charge on any atom is 0.303 e. The fraction of sp³-hybridized carbons (Fsp3) is 0.408. The summed E-state index contributed by atoms with van der Waals surface area (Å²) >= 11 is 0. The lowest BCUT2D eigenvalue weighted by Crippen LogP contribution is -2.72. The third kappa shape index (κ3) is 22.6. The van der Waals surface area contributed by atoms with Crippen LogP contribution in [0.25, 0.3) is 10.4 Å². The van der Waals surface area contributed by atoms with Gasteiger partial charge in [-0.05, 0) is 64.2 Å². The van der Waals surface area contributed by atoms with E-state index in [1.807, 2.05) is 6.07 Å². The van der Waals surface area contributed by atoms with Crippen molar-refractivity contribution in [2.24, 2.45) is 5.11 Å². The molecule has 0 radical (unpaired) electrons. The Labute approximate surface area is 823 Å². The molecule has 0 saturated carbocycles. The molecule has 9 aliphatic rings. The summed E-state index contributed by atoms with van der Waals surface area (Å²) in [7, 11) is 0. The molecular formula is C103H102N6O35. The van der Waals surface area contributed by atoms with Crippen LogP contribution in [-0.2, 0) is 164 Å². The number of imide groups is 3. The Morgan fingerprint density at radius 3 is 1.06 bits per heavy atom. The first-order valence-electron chi connectivity index (χ1n) is 46.5. The highest BCUT2D eigenvalue weighted by Gasteiger charge is 2.66. The van der Waals surface area contributed by atoms with Crippen LogP contribution in [0, 0.1) is 0 Å². The first kappa shape index (κ1) is 102. The molecule has 0 aromatic heterocycles. The van der Waals surface area contributed by atoms with E-state index in [0.29, 0.717) is 32.7 Å². The third-order valence-electron chi connectivity index (χ3n) is 25.3. The van der Waals surface area contributed by atoms with Crippen molar-refractivity contribution in [1.82, 2.24) is 14.7 Å². The lowest BCUT2D eigenvalue weighted by Gasteiger charge is -2.54. The zero-order valence-electron chi connectivity index (χ0n) is 78.7. The second-order valence-corrected chi connectivity index (χ2v) is 35.1. The van der Waals surface area contributed by atoms with Crippen LogP contribution in [-0.4, -0.2) is 278 Å². The van der Waals surface area contributed by atoms with Gasteiger partial charge in [-0.3, -0.25) is 77.0 Å². The number of azide groups is 1. The van der Waals surface area contributed by atoms with Crippen LogP contribution in [0.5, 0.6) is 0 Å². The summed E-state index contributed by atoms with van der Waals surface area (Å²) in [6.07, 6.45) is -44.2. The molecular weight excluding hydrogens is 1880 g/mol. The second-order valence-electron chi connectivity index (χ2n) is 35.1. The quantitative estimate of drug-likeness (QED) is 0.00882. The van der Waals surface area contributed by atoms with Gasteiger partial charge in [-0.15, -0.1) is 0 Å². The van der Waals surface area contributed by atoms with Gasteiger partial charge in [-0.25, -0.2) is 0 Å². The number of benzene rings is 8. The molecule has 17 rings (SSSR count). The fourth-order valence-corrected chi connectivity index (χ4v) is 19.2. The predicted octanol–water partition coefficient (Wildman–Crippen LogP) is 8.96. The SMILES string of the molecule is CC(=O)OC[C@H]1O[C@H](O[C@@H]2[C@H](OC(C)=O)[C@H](O[C@H]3[C@H](OCc4ccccc4)[C@@H](N4C(=O)c5ccccc5C4=O)[C@H](O[C@H]4[C@H](OCc5ccccc5)[C@@H](N5C(=O)c6ccccc6C5=O)[C@H](N=[N+]=[N-])O[C@@H]4COCc4ccccc4)O[C@@H]3COCc3ccccc3)O[C@@H]3CO[C@@H](c4ccccc4)O[C@@H]23)[C@@H](O[C@@H]2O[C@H](COC(C)=O)[C@@H](OC(C)=O)[C@H](OC(C)=O)[C@H]2N2C(=O)c3ccccc3C2=O)[C@@H](OC(C)=O)[C@@H]1OC(C)=O. The molecule has 8 aromatic carbocycles. The average Bonchev–Trinajstić information content (AvgIpc) is 1.31. The van der Waals surface area contributed by atoms with Gasteiger partial charge in [0.2, 0.25) is 0 Å². The van der Waals surface area contributed by atoms with Crippen molar-refractivity contribution >= 4 is 77.2 Å². The number of carbonyl (C=O) groups excluding carboxylic acids is 13. The van der Waals surface area contributed by atoms with Crippen molar-refractivity contribution < 1.29 is 167 Å².